The predicted octanol–water partition coefficient (Wildman–Crippen LogP) is 2.25. The highest BCUT2D eigenvalue weighted by molar-refractivity contribution is 6.24. The summed E-state index contributed by atoms with van der Waals surface area (Å²) in [5.74, 6) is -0.603. The van der Waals surface area contributed by atoms with Gasteiger partial charge in [0.1, 0.15) is 11.8 Å². The molecule has 1 amide bonds. The van der Waals surface area contributed by atoms with Crippen molar-refractivity contribution in [2.75, 3.05) is 18.1 Å². The first kappa shape index (κ1) is 18.5. The van der Waals surface area contributed by atoms with E-state index in [1.54, 1.807) is 24.3 Å². The summed E-state index contributed by atoms with van der Waals surface area (Å²) < 4.78 is 4.98. The molecule has 8 nitrogen and oxygen atoms in total. The number of anilines is 2. The molecule has 0 spiro atoms. The number of hydrogen-bond donors (Lipinski definition) is 5. The maximum Gasteiger partial charge on any atom is 0.260 e. The van der Waals surface area contributed by atoms with Gasteiger partial charge in [0.25, 0.3) is 5.91 Å². The van der Waals surface area contributed by atoms with Gasteiger partial charge in [0, 0.05) is 35.3 Å². The largest absolute Gasteiger partial charge is 0.472 e. The molecule has 26 heavy (non-hydrogen) atoms. The zero-order valence-corrected chi connectivity index (χ0v) is 14.3. The first-order valence-electron chi connectivity index (χ1n) is 7.59. The molecule has 2 aromatic rings. The SMILES string of the molecule is CN/C(C#N)=C(\C(C)=N)C(=O)Nc1ccc(N)c(C(=N)c2ccoc2)c1. The lowest BCUT2D eigenvalue weighted by molar-refractivity contribution is -0.112. The number of furan rings is 1. The van der Waals surface area contributed by atoms with Crippen LogP contribution in [-0.4, -0.2) is 24.4 Å². The Kier molecular flexibility index (Phi) is 5.55. The number of carbonyl (C=O) groups excluding carboxylic acids is 1. The van der Waals surface area contributed by atoms with Gasteiger partial charge in [-0.05, 0) is 31.2 Å². The van der Waals surface area contributed by atoms with Crippen LogP contribution in [0.15, 0.2) is 52.5 Å². The number of allylic oxidation sites excluding steroid dienone is 1. The van der Waals surface area contributed by atoms with Crippen LogP contribution in [0.4, 0.5) is 11.4 Å². The molecule has 1 aromatic carbocycles. The van der Waals surface area contributed by atoms with E-state index < -0.39 is 5.91 Å². The summed E-state index contributed by atoms with van der Waals surface area (Å²) in [5.41, 5.74) is 7.74. The van der Waals surface area contributed by atoms with Gasteiger partial charge in [0.2, 0.25) is 0 Å². The molecule has 0 radical (unpaired) electrons. The van der Waals surface area contributed by atoms with Crippen LogP contribution < -0.4 is 16.4 Å². The number of carbonyl (C=O) groups is 1. The van der Waals surface area contributed by atoms with Crippen LogP contribution in [-0.2, 0) is 4.79 Å². The van der Waals surface area contributed by atoms with Gasteiger partial charge < -0.3 is 26.2 Å². The Hall–Kier alpha value is -3.86. The minimum absolute atomic E-state index is 0.00295. The first-order valence-corrected chi connectivity index (χ1v) is 7.59. The molecule has 8 heteroatoms. The molecule has 0 fully saturated rings. The van der Waals surface area contributed by atoms with Crippen LogP contribution in [0.2, 0.25) is 0 Å². The van der Waals surface area contributed by atoms with Gasteiger partial charge in [0.05, 0.1) is 23.8 Å². The third kappa shape index (κ3) is 3.79. The maximum atomic E-state index is 12.5. The summed E-state index contributed by atoms with van der Waals surface area (Å²) in [6, 6.07) is 8.22. The molecule has 6 N–H and O–H groups in total. The normalized spacial score (nSPS) is 11.1. The van der Waals surface area contributed by atoms with Crippen LogP contribution in [0.3, 0.4) is 0 Å². The number of nitrogen functional groups attached to an aromatic ring is 1. The molecule has 0 atom stereocenters. The predicted molar refractivity (Wildman–Crippen MR) is 99.2 cm³/mol. The highest BCUT2D eigenvalue weighted by Gasteiger charge is 2.18. The lowest BCUT2D eigenvalue weighted by atomic mass is 10.0. The molecule has 0 aliphatic heterocycles. The van der Waals surface area contributed by atoms with Crippen molar-refractivity contribution in [1.29, 1.82) is 16.1 Å². The summed E-state index contributed by atoms with van der Waals surface area (Å²) in [6.45, 7) is 1.42. The smallest absolute Gasteiger partial charge is 0.260 e. The molecule has 1 aromatic heterocycles. The average Bonchev–Trinajstić information content (AvgIpc) is 3.14. The third-order valence-electron chi connectivity index (χ3n) is 3.60. The minimum atomic E-state index is -0.603. The molecule has 0 aliphatic carbocycles. The number of hydrogen-bond acceptors (Lipinski definition) is 7. The van der Waals surface area contributed by atoms with E-state index in [0.29, 0.717) is 22.5 Å². The molecule has 0 saturated carbocycles. The lowest BCUT2D eigenvalue weighted by Crippen LogP contribution is -2.24. The van der Waals surface area contributed by atoms with Gasteiger partial charge in [-0.25, -0.2) is 0 Å². The van der Waals surface area contributed by atoms with Crippen molar-refractivity contribution in [2.24, 2.45) is 0 Å². The summed E-state index contributed by atoms with van der Waals surface area (Å²) >= 11 is 0. The number of amides is 1. The Morgan fingerprint density at radius 3 is 2.58 bits per heavy atom. The van der Waals surface area contributed by atoms with E-state index in [0.717, 1.165) is 0 Å². The second kappa shape index (κ2) is 7.81. The summed E-state index contributed by atoms with van der Waals surface area (Å²) in [7, 11) is 1.50. The zero-order valence-electron chi connectivity index (χ0n) is 14.3. The topological polar surface area (TPSA) is 152 Å². The number of nitriles is 1. The van der Waals surface area contributed by atoms with Crippen molar-refractivity contribution in [3.05, 3.63) is 59.2 Å². The van der Waals surface area contributed by atoms with Crippen molar-refractivity contribution in [3.8, 4) is 6.07 Å². The molecule has 2 rings (SSSR count). The number of nitrogens with two attached hydrogens (primary N) is 1. The van der Waals surface area contributed by atoms with Crippen LogP contribution in [0.5, 0.6) is 0 Å². The fraction of sp³-hybridized carbons (Fsp3) is 0.111. The Balaban J connectivity index is 2.36. The highest BCUT2D eigenvalue weighted by Crippen LogP contribution is 2.22. The van der Waals surface area contributed by atoms with Gasteiger partial charge in [-0.1, -0.05) is 0 Å². The quantitative estimate of drug-likeness (QED) is 0.234. The van der Waals surface area contributed by atoms with Crippen molar-refractivity contribution in [2.45, 2.75) is 6.92 Å². The number of rotatable bonds is 6. The van der Waals surface area contributed by atoms with Crippen molar-refractivity contribution < 1.29 is 9.21 Å². The average molecular weight is 350 g/mol. The molecular formula is C18H18N6O2. The summed E-state index contributed by atoms with van der Waals surface area (Å²) in [4.78, 5) is 12.5. The second-order valence-corrected chi connectivity index (χ2v) is 5.38. The van der Waals surface area contributed by atoms with E-state index in [4.69, 9.17) is 26.2 Å². The van der Waals surface area contributed by atoms with Gasteiger partial charge in [-0.15, -0.1) is 0 Å². The molecule has 1 heterocycles. The standard InChI is InChI=1S/C18H18N6O2/c1-10(20)16(15(8-19)23-2)18(25)24-12-3-4-14(21)13(7-12)17(22)11-5-6-26-9-11/h3-7,9,20,22-23H,21H2,1-2H3,(H,24,25)/b16-15+,20-10?,22-17?. The first-order chi connectivity index (χ1) is 12.4. The Bertz CT molecular complexity index is 935. The Morgan fingerprint density at radius 1 is 1.31 bits per heavy atom. The van der Waals surface area contributed by atoms with Crippen LogP contribution >= 0.6 is 0 Å². The Morgan fingerprint density at radius 2 is 2.04 bits per heavy atom. The van der Waals surface area contributed by atoms with E-state index >= 15 is 0 Å². The maximum absolute atomic E-state index is 12.5. The van der Waals surface area contributed by atoms with Crippen LogP contribution in [0.25, 0.3) is 0 Å². The lowest BCUT2D eigenvalue weighted by Gasteiger charge is -2.12. The fourth-order valence-electron chi connectivity index (χ4n) is 2.31. The van der Waals surface area contributed by atoms with Gasteiger partial charge in [0.15, 0.2) is 0 Å². The minimum Gasteiger partial charge on any atom is -0.472 e. The fourth-order valence-corrected chi connectivity index (χ4v) is 2.31. The summed E-state index contributed by atoms with van der Waals surface area (Å²) in [5, 5.41) is 30.4. The second-order valence-electron chi connectivity index (χ2n) is 5.38. The van der Waals surface area contributed by atoms with Gasteiger partial charge in [-0.2, -0.15) is 5.26 Å². The highest BCUT2D eigenvalue weighted by atomic mass is 16.3. The number of benzene rings is 1. The molecule has 132 valence electrons. The van der Waals surface area contributed by atoms with Crippen molar-refractivity contribution in [1.82, 2.24) is 5.32 Å². The summed E-state index contributed by atoms with van der Waals surface area (Å²) in [6.07, 6.45) is 2.88. The number of nitrogens with one attached hydrogen (secondary N) is 4. The van der Waals surface area contributed by atoms with Gasteiger partial charge >= 0.3 is 0 Å². The van der Waals surface area contributed by atoms with Crippen molar-refractivity contribution in [3.63, 3.8) is 0 Å². The van der Waals surface area contributed by atoms with E-state index in [1.165, 1.54) is 26.5 Å². The monoisotopic (exact) mass is 350 g/mol. The molecule has 0 saturated heterocycles. The van der Waals surface area contributed by atoms with E-state index in [1.807, 2.05) is 6.07 Å². The molecular weight excluding hydrogens is 332 g/mol. The third-order valence-corrected chi connectivity index (χ3v) is 3.60. The Labute approximate surface area is 150 Å². The van der Waals surface area contributed by atoms with E-state index in [2.05, 4.69) is 10.6 Å². The van der Waals surface area contributed by atoms with Crippen molar-refractivity contribution >= 4 is 28.7 Å². The van der Waals surface area contributed by atoms with Crippen LogP contribution in [0, 0.1) is 22.1 Å². The molecule has 0 unspecified atom stereocenters. The van der Waals surface area contributed by atoms with Crippen LogP contribution in [0.1, 0.15) is 18.1 Å². The number of nitrogens with zero attached hydrogens (tertiary/aromatic N) is 1. The zero-order chi connectivity index (χ0) is 19.3. The van der Waals surface area contributed by atoms with Gasteiger partial charge in [-0.3, -0.25) is 10.2 Å². The van der Waals surface area contributed by atoms with E-state index in [-0.39, 0.29) is 22.7 Å². The van der Waals surface area contributed by atoms with E-state index in [9.17, 15) is 4.79 Å². The molecule has 0 bridgehead atoms. The molecule has 0 aliphatic rings.